The van der Waals surface area contributed by atoms with Crippen LogP contribution in [0.25, 0.3) is 0 Å². The number of aliphatic carboxylic acids is 1. The van der Waals surface area contributed by atoms with Gasteiger partial charge in [-0.1, -0.05) is 28.1 Å². The van der Waals surface area contributed by atoms with E-state index >= 15 is 0 Å². The first kappa shape index (κ1) is 13.9. The molecule has 1 heterocycles. The summed E-state index contributed by atoms with van der Waals surface area (Å²) in [6.07, 6.45) is 0.135. The van der Waals surface area contributed by atoms with Gasteiger partial charge >= 0.3 is 12.0 Å². The molecule has 1 aromatic rings. The van der Waals surface area contributed by atoms with Gasteiger partial charge in [0.1, 0.15) is 0 Å². The van der Waals surface area contributed by atoms with Crippen LogP contribution in [-0.4, -0.2) is 35.1 Å². The van der Waals surface area contributed by atoms with Crippen LogP contribution in [0, 0.1) is 5.92 Å². The van der Waals surface area contributed by atoms with Crippen molar-refractivity contribution in [2.24, 2.45) is 5.92 Å². The van der Waals surface area contributed by atoms with Gasteiger partial charge in [-0.15, -0.1) is 0 Å². The van der Waals surface area contributed by atoms with E-state index in [1.807, 2.05) is 24.3 Å². The molecule has 0 aromatic heterocycles. The van der Waals surface area contributed by atoms with E-state index in [-0.39, 0.29) is 18.4 Å². The standard InChI is InChI=1S/C13H15BrN2O3/c14-11-3-1-9(2-4-11)6-15-13(19)16-7-10(8-16)5-12(17)18/h1-4,10H,5-8H2,(H,15,19)(H,17,18). The van der Waals surface area contributed by atoms with Gasteiger partial charge in [-0.2, -0.15) is 0 Å². The molecule has 2 rings (SSSR count). The molecule has 1 aromatic carbocycles. The van der Waals surface area contributed by atoms with Gasteiger partial charge in [0.25, 0.3) is 0 Å². The third kappa shape index (κ3) is 3.96. The van der Waals surface area contributed by atoms with Gasteiger partial charge in [-0.05, 0) is 17.7 Å². The van der Waals surface area contributed by atoms with E-state index in [0.717, 1.165) is 10.0 Å². The predicted octanol–water partition coefficient (Wildman–Crippen LogP) is 2.07. The van der Waals surface area contributed by atoms with E-state index in [9.17, 15) is 9.59 Å². The zero-order valence-corrected chi connectivity index (χ0v) is 11.9. The van der Waals surface area contributed by atoms with E-state index in [1.165, 1.54) is 0 Å². The number of urea groups is 1. The Kier molecular flexibility index (Phi) is 4.42. The molecule has 0 radical (unpaired) electrons. The minimum absolute atomic E-state index is 0.0935. The van der Waals surface area contributed by atoms with E-state index in [0.29, 0.717) is 19.6 Å². The fourth-order valence-corrected chi connectivity index (χ4v) is 2.27. The quantitative estimate of drug-likeness (QED) is 0.889. The molecule has 2 amide bonds. The second-order valence-electron chi connectivity index (χ2n) is 4.65. The molecule has 0 spiro atoms. The zero-order valence-electron chi connectivity index (χ0n) is 10.3. The highest BCUT2D eigenvalue weighted by Gasteiger charge is 2.31. The number of carboxylic acid groups (broad SMARTS) is 1. The second kappa shape index (κ2) is 6.06. The molecule has 6 heteroatoms. The third-order valence-corrected chi connectivity index (χ3v) is 3.59. The van der Waals surface area contributed by atoms with Gasteiger partial charge in [0, 0.05) is 30.0 Å². The lowest BCUT2D eigenvalue weighted by Crippen LogP contribution is -2.54. The lowest BCUT2D eigenvalue weighted by atomic mass is 9.97. The summed E-state index contributed by atoms with van der Waals surface area (Å²) in [7, 11) is 0. The zero-order chi connectivity index (χ0) is 13.8. The van der Waals surface area contributed by atoms with Crippen LogP contribution in [0.3, 0.4) is 0 Å². The highest BCUT2D eigenvalue weighted by atomic mass is 79.9. The summed E-state index contributed by atoms with van der Waals surface area (Å²) < 4.78 is 1.00. The Morgan fingerprint density at radius 3 is 2.53 bits per heavy atom. The number of amides is 2. The molecule has 2 N–H and O–H groups in total. The normalized spacial score (nSPS) is 14.9. The van der Waals surface area contributed by atoms with Crippen molar-refractivity contribution >= 4 is 27.9 Å². The van der Waals surface area contributed by atoms with Crippen LogP contribution in [0.15, 0.2) is 28.7 Å². The van der Waals surface area contributed by atoms with Crippen LogP contribution in [0.4, 0.5) is 4.79 Å². The highest BCUT2D eigenvalue weighted by molar-refractivity contribution is 9.10. The molecule has 0 atom stereocenters. The summed E-state index contributed by atoms with van der Waals surface area (Å²) in [5.41, 5.74) is 1.03. The van der Waals surface area contributed by atoms with Crippen molar-refractivity contribution in [2.75, 3.05) is 13.1 Å². The Hall–Kier alpha value is -1.56. The van der Waals surface area contributed by atoms with Crippen LogP contribution < -0.4 is 5.32 Å². The maximum absolute atomic E-state index is 11.8. The fourth-order valence-electron chi connectivity index (χ4n) is 2.00. The molecule has 19 heavy (non-hydrogen) atoms. The molecule has 0 aliphatic carbocycles. The Balaban J connectivity index is 1.71. The number of carbonyl (C=O) groups is 2. The summed E-state index contributed by atoms with van der Waals surface area (Å²) in [4.78, 5) is 23.9. The largest absolute Gasteiger partial charge is 0.481 e. The lowest BCUT2D eigenvalue weighted by molar-refractivity contribution is -0.139. The van der Waals surface area contributed by atoms with E-state index < -0.39 is 5.97 Å². The van der Waals surface area contributed by atoms with Gasteiger partial charge in [0.15, 0.2) is 0 Å². The monoisotopic (exact) mass is 326 g/mol. The smallest absolute Gasteiger partial charge is 0.317 e. The van der Waals surface area contributed by atoms with Crippen LogP contribution in [-0.2, 0) is 11.3 Å². The Morgan fingerprint density at radius 1 is 1.32 bits per heavy atom. The van der Waals surface area contributed by atoms with Crippen molar-refractivity contribution in [2.45, 2.75) is 13.0 Å². The first-order valence-electron chi connectivity index (χ1n) is 6.03. The molecule has 5 nitrogen and oxygen atoms in total. The molecule has 1 aliphatic heterocycles. The molecule has 1 fully saturated rings. The molecule has 102 valence electrons. The Morgan fingerprint density at radius 2 is 1.95 bits per heavy atom. The SMILES string of the molecule is O=C(O)CC1CN(C(=O)NCc2ccc(Br)cc2)C1. The van der Waals surface area contributed by atoms with Crippen LogP contribution in [0.2, 0.25) is 0 Å². The van der Waals surface area contributed by atoms with Crippen LogP contribution >= 0.6 is 15.9 Å². The minimum Gasteiger partial charge on any atom is -0.481 e. The van der Waals surface area contributed by atoms with Crippen molar-refractivity contribution < 1.29 is 14.7 Å². The number of carbonyl (C=O) groups excluding carboxylic acids is 1. The van der Waals surface area contributed by atoms with E-state index in [2.05, 4.69) is 21.2 Å². The number of nitrogens with zero attached hydrogens (tertiary/aromatic N) is 1. The number of hydrogen-bond donors (Lipinski definition) is 2. The highest BCUT2D eigenvalue weighted by Crippen LogP contribution is 2.19. The Labute approximate surface area is 119 Å². The number of halogens is 1. The average molecular weight is 327 g/mol. The number of benzene rings is 1. The van der Waals surface area contributed by atoms with Crippen molar-refractivity contribution in [1.82, 2.24) is 10.2 Å². The second-order valence-corrected chi connectivity index (χ2v) is 5.57. The molecule has 0 unspecified atom stereocenters. The topological polar surface area (TPSA) is 69.6 Å². The Bertz CT molecular complexity index is 469. The first-order chi connectivity index (χ1) is 9.04. The summed E-state index contributed by atoms with van der Waals surface area (Å²) in [5, 5.41) is 11.4. The minimum atomic E-state index is -0.806. The van der Waals surface area contributed by atoms with Crippen LogP contribution in [0.5, 0.6) is 0 Å². The number of carboxylic acids is 1. The maximum atomic E-state index is 11.8. The van der Waals surface area contributed by atoms with E-state index in [4.69, 9.17) is 5.11 Å². The fraction of sp³-hybridized carbons (Fsp3) is 0.385. The van der Waals surface area contributed by atoms with Gasteiger partial charge in [0.2, 0.25) is 0 Å². The van der Waals surface area contributed by atoms with Gasteiger partial charge in [0.05, 0.1) is 6.42 Å². The number of nitrogens with one attached hydrogen (secondary N) is 1. The molecule has 1 saturated heterocycles. The number of rotatable bonds is 4. The molecule has 0 saturated carbocycles. The molecular weight excluding hydrogens is 312 g/mol. The van der Waals surface area contributed by atoms with Crippen molar-refractivity contribution in [1.29, 1.82) is 0 Å². The molecule has 0 bridgehead atoms. The number of likely N-dealkylation sites (tertiary alicyclic amines) is 1. The van der Waals surface area contributed by atoms with Crippen LogP contribution in [0.1, 0.15) is 12.0 Å². The maximum Gasteiger partial charge on any atom is 0.317 e. The van der Waals surface area contributed by atoms with Crippen molar-refractivity contribution in [3.63, 3.8) is 0 Å². The van der Waals surface area contributed by atoms with Gasteiger partial charge in [-0.3, -0.25) is 4.79 Å². The average Bonchev–Trinajstić information content (AvgIpc) is 2.32. The van der Waals surface area contributed by atoms with Gasteiger partial charge in [-0.25, -0.2) is 4.79 Å². The molecule has 1 aliphatic rings. The first-order valence-corrected chi connectivity index (χ1v) is 6.83. The third-order valence-electron chi connectivity index (χ3n) is 3.06. The summed E-state index contributed by atoms with van der Waals surface area (Å²) >= 11 is 3.35. The number of hydrogen-bond acceptors (Lipinski definition) is 2. The van der Waals surface area contributed by atoms with Crippen molar-refractivity contribution in [3.8, 4) is 0 Å². The van der Waals surface area contributed by atoms with Crippen molar-refractivity contribution in [3.05, 3.63) is 34.3 Å². The van der Waals surface area contributed by atoms with Gasteiger partial charge < -0.3 is 15.3 Å². The summed E-state index contributed by atoms with van der Waals surface area (Å²) in [6, 6.07) is 7.59. The summed E-state index contributed by atoms with van der Waals surface area (Å²) in [6.45, 7) is 1.53. The van der Waals surface area contributed by atoms with E-state index in [1.54, 1.807) is 4.90 Å². The summed E-state index contributed by atoms with van der Waals surface area (Å²) in [5.74, 6) is -0.712. The molecular formula is C13H15BrN2O3. The predicted molar refractivity (Wildman–Crippen MR) is 73.7 cm³/mol. The lowest BCUT2D eigenvalue weighted by Gasteiger charge is -2.38.